The summed E-state index contributed by atoms with van der Waals surface area (Å²) < 4.78 is 38.3. The van der Waals surface area contributed by atoms with Gasteiger partial charge in [-0.15, -0.1) is 9.19 Å². The molecular formula is C25H23N3O5S. The highest BCUT2D eigenvalue weighted by Crippen LogP contribution is 2.31. The summed E-state index contributed by atoms with van der Waals surface area (Å²) in [5.74, 6) is 1.20. The van der Waals surface area contributed by atoms with E-state index in [2.05, 4.69) is 10.1 Å². The lowest BCUT2D eigenvalue weighted by atomic mass is 10.2. The maximum absolute atomic E-state index is 13.4. The lowest BCUT2D eigenvalue weighted by Crippen LogP contribution is -2.16. The van der Waals surface area contributed by atoms with Gasteiger partial charge in [0.1, 0.15) is 5.75 Å². The lowest BCUT2D eigenvalue weighted by molar-refractivity contribution is 0.355. The second-order valence-corrected chi connectivity index (χ2v) is 9.19. The highest BCUT2D eigenvalue weighted by Gasteiger charge is 2.25. The Kier molecular flexibility index (Phi) is 6.38. The van der Waals surface area contributed by atoms with Gasteiger partial charge in [-0.25, -0.2) is 4.98 Å². The molecule has 34 heavy (non-hydrogen) atoms. The monoisotopic (exact) mass is 477 g/mol. The number of hydrogen-bond acceptors (Lipinski definition) is 7. The van der Waals surface area contributed by atoms with Crippen LogP contribution in [0.5, 0.6) is 17.2 Å². The van der Waals surface area contributed by atoms with E-state index in [0.29, 0.717) is 11.5 Å². The Morgan fingerprint density at radius 1 is 0.912 bits per heavy atom. The zero-order chi connectivity index (χ0) is 24.3. The quantitative estimate of drug-likeness (QED) is 0.421. The molecule has 3 aromatic carbocycles. The van der Waals surface area contributed by atoms with Gasteiger partial charge in [0.05, 0.1) is 24.7 Å². The summed E-state index contributed by atoms with van der Waals surface area (Å²) in [5.41, 5.74) is 1.95. The molecule has 174 valence electrons. The summed E-state index contributed by atoms with van der Waals surface area (Å²) in [6.07, 6.45) is 3.32. The van der Waals surface area contributed by atoms with Gasteiger partial charge in [-0.05, 0) is 55.0 Å². The number of ether oxygens (including phenoxy) is 2. The number of aromatic hydroxyl groups is 1. The third-order valence-corrected chi connectivity index (χ3v) is 6.70. The van der Waals surface area contributed by atoms with E-state index in [-0.39, 0.29) is 27.9 Å². The molecule has 0 aliphatic rings. The Morgan fingerprint density at radius 2 is 1.62 bits per heavy atom. The zero-order valence-corrected chi connectivity index (χ0v) is 19.7. The fourth-order valence-corrected chi connectivity index (χ4v) is 4.55. The van der Waals surface area contributed by atoms with Crippen molar-refractivity contribution < 1.29 is 23.0 Å². The van der Waals surface area contributed by atoms with Gasteiger partial charge < -0.3 is 14.6 Å². The van der Waals surface area contributed by atoms with Gasteiger partial charge in [-0.3, -0.25) is 0 Å². The first-order chi connectivity index (χ1) is 16.3. The highest BCUT2D eigenvalue weighted by molar-refractivity contribution is 7.90. The van der Waals surface area contributed by atoms with E-state index in [0.717, 1.165) is 15.2 Å². The van der Waals surface area contributed by atoms with Crippen molar-refractivity contribution in [2.45, 2.75) is 11.8 Å². The predicted molar refractivity (Wildman–Crippen MR) is 129 cm³/mol. The van der Waals surface area contributed by atoms with Crippen LogP contribution in [0.2, 0.25) is 0 Å². The molecule has 0 atom stereocenters. The smallest absolute Gasteiger partial charge is 0.285 e. The van der Waals surface area contributed by atoms with Gasteiger partial charge >= 0.3 is 0 Å². The van der Waals surface area contributed by atoms with Gasteiger partial charge in [0.2, 0.25) is 0 Å². The molecule has 0 saturated heterocycles. The number of hydrogen-bond donors (Lipinski definition) is 1. The van der Waals surface area contributed by atoms with Crippen molar-refractivity contribution in [2.75, 3.05) is 14.2 Å². The van der Waals surface area contributed by atoms with Gasteiger partial charge in [-0.1, -0.05) is 42.0 Å². The van der Waals surface area contributed by atoms with E-state index in [1.54, 1.807) is 68.8 Å². The predicted octanol–water partition coefficient (Wildman–Crippen LogP) is 4.38. The number of aromatic nitrogens is 3. The second-order valence-electron chi connectivity index (χ2n) is 7.42. The van der Waals surface area contributed by atoms with E-state index >= 15 is 0 Å². The van der Waals surface area contributed by atoms with Gasteiger partial charge in [0, 0.05) is 0 Å². The molecule has 0 radical (unpaired) electrons. The Balaban J connectivity index is 1.81. The first kappa shape index (κ1) is 23.1. The third-order valence-electron chi connectivity index (χ3n) is 5.12. The maximum Gasteiger partial charge on any atom is 0.285 e. The highest BCUT2D eigenvalue weighted by atomic mass is 32.2. The normalized spacial score (nSPS) is 11.6. The average molecular weight is 478 g/mol. The van der Waals surface area contributed by atoms with Gasteiger partial charge in [0.15, 0.2) is 23.1 Å². The molecule has 0 spiro atoms. The van der Waals surface area contributed by atoms with E-state index in [9.17, 15) is 13.5 Å². The van der Waals surface area contributed by atoms with Crippen LogP contribution in [0.1, 0.15) is 17.0 Å². The largest absolute Gasteiger partial charge is 0.507 e. The maximum atomic E-state index is 13.4. The second kappa shape index (κ2) is 9.40. The van der Waals surface area contributed by atoms with Crippen LogP contribution in [0, 0.1) is 6.92 Å². The molecule has 4 rings (SSSR count). The van der Waals surface area contributed by atoms with Crippen molar-refractivity contribution in [2.24, 2.45) is 0 Å². The van der Waals surface area contributed by atoms with Gasteiger partial charge in [0.25, 0.3) is 10.0 Å². The molecule has 1 heterocycles. The van der Waals surface area contributed by atoms with Crippen LogP contribution in [-0.2, 0) is 10.0 Å². The minimum atomic E-state index is -4.07. The van der Waals surface area contributed by atoms with E-state index in [1.165, 1.54) is 18.2 Å². The van der Waals surface area contributed by atoms with Crippen LogP contribution in [0.25, 0.3) is 23.5 Å². The summed E-state index contributed by atoms with van der Waals surface area (Å²) >= 11 is 0. The van der Waals surface area contributed by atoms with Crippen molar-refractivity contribution in [3.05, 3.63) is 83.7 Å². The third kappa shape index (κ3) is 4.51. The number of phenols is 1. The molecule has 0 aliphatic heterocycles. The van der Waals surface area contributed by atoms with Crippen molar-refractivity contribution in [3.63, 3.8) is 0 Å². The molecule has 0 bridgehead atoms. The van der Waals surface area contributed by atoms with E-state index in [4.69, 9.17) is 9.47 Å². The zero-order valence-electron chi connectivity index (χ0n) is 18.8. The molecule has 9 heteroatoms. The Morgan fingerprint density at radius 3 is 2.29 bits per heavy atom. The number of phenolic OH excluding ortho intramolecular Hbond substituents is 1. The van der Waals surface area contributed by atoms with Crippen LogP contribution in [0.3, 0.4) is 0 Å². The fourth-order valence-electron chi connectivity index (χ4n) is 3.32. The average Bonchev–Trinajstić information content (AvgIpc) is 3.28. The van der Waals surface area contributed by atoms with Crippen molar-refractivity contribution in [1.82, 2.24) is 14.2 Å². The van der Waals surface area contributed by atoms with Crippen molar-refractivity contribution in [3.8, 4) is 28.6 Å². The Bertz CT molecular complexity index is 1460. The molecule has 0 unspecified atom stereocenters. The summed E-state index contributed by atoms with van der Waals surface area (Å²) in [7, 11) is -0.972. The number of nitrogens with zero attached hydrogens (tertiary/aromatic N) is 3. The van der Waals surface area contributed by atoms with Crippen LogP contribution < -0.4 is 9.47 Å². The minimum absolute atomic E-state index is 0.00522. The molecule has 1 N–H and O–H groups in total. The molecule has 8 nitrogen and oxygen atoms in total. The lowest BCUT2D eigenvalue weighted by Gasteiger charge is -2.08. The first-order valence-corrected chi connectivity index (χ1v) is 11.8. The first-order valence-electron chi connectivity index (χ1n) is 10.3. The summed E-state index contributed by atoms with van der Waals surface area (Å²) in [5, 5.41) is 14.6. The molecule has 0 fully saturated rings. The van der Waals surface area contributed by atoms with Crippen molar-refractivity contribution >= 4 is 22.2 Å². The summed E-state index contributed by atoms with van der Waals surface area (Å²) in [6, 6.07) is 18.2. The standard InChI is InChI=1S/C25H23N3O5S/c1-17-8-12-19(13-9-17)34(30,31)28-25(20-6-4-5-7-21(20)29)26-24(27-28)15-11-18-10-14-22(32-2)23(16-18)33-3/h4-16,29H,1-3H3/b15-11+. The van der Waals surface area contributed by atoms with Gasteiger partial charge in [-0.2, -0.15) is 8.42 Å². The molecule has 1 aromatic heterocycles. The fraction of sp³-hybridized carbons (Fsp3) is 0.120. The molecule has 4 aromatic rings. The topological polar surface area (TPSA) is 104 Å². The van der Waals surface area contributed by atoms with Crippen LogP contribution >= 0.6 is 0 Å². The molecule has 0 amide bonds. The number of para-hydroxylation sites is 1. The Hall–Kier alpha value is -4.11. The SMILES string of the molecule is COc1ccc(/C=C/c2nc(-c3ccccc3O)n(S(=O)(=O)c3ccc(C)cc3)n2)cc1OC. The van der Waals surface area contributed by atoms with Crippen LogP contribution in [0.4, 0.5) is 0 Å². The molecule has 0 saturated carbocycles. The van der Waals surface area contributed by atoms with Crippen LogP contribution in [-0.4, -0.2) is 41.9 Å². The minimum Gasteiger partial charge on any atom is -0.507 e. The molecule has 0 aliphatic carbocycles. The number of benzene rings is 3. The summed E-state index contributed by atoms with van der Waals surface area (Å²) in [4.78, 5) is 4.48. The molecular weight excluding hydrogens is 454 g/mol. The van der Waals surface area contributed by atoms with Crippen molar-refractivity contribution in [1.29, 1.82) is 0 Å². The summed E-state index contributed by atoms with van der Waals surface area (Å²) in [6.45, 7) is 1.87. The van der Waals surface area contributed by atoms with Crippen LogP contribution in [0.15, 0.2) is 71.6 Å². The number of aryl methyl sites for hydroxylation is 1. The number of rotatable bonds is 7. The van der Waals surface area contributed by atoms with E-state index < -0.39 is 10.0 Å². The van der Waals surface area contributed by atoms with E-state index in [1.807, 2.05) is 13.0 Å². The number of methoxy groups -OCH3 is 2. The Labute approximate surface area is 197 Å².